The van der Waals surface area contributed by atoms with E-state index in [0.29, 0.717) is 10.3 Å². The minimum Gasteiger partial charge on any atom is -0.451 e. The van der Waals surface area contributed by atoms with Crippen LogP contribution < -0.4 is 5.32 Å². The van der Waals surface area contributed by atoms with Gasteiger partial charge in [-0.05, 0) is 42.5 Å². The topological polar surface area (TPSA) is 55.4 Å². The molecule has 1 aromatic carbocycles. The number of nitrogens with one attached hydrogen (secondary N) is 1. The van der Waals surface area contributed by atoms with Crippen molar-refractivity contribution in [2.24, 2.45) is 0 Å². The lowest BCUT2D eigenvalue weighted by atomic mass is 10.2. The summed E-state index contributed by atoms with van der Waals surface area (Å²) in [5.41, 5.74) is 0. The van der Waals surface area contributed by atoms with Gasteiger partial charge < -0.3 is 10.1 Å². The molecular formula is C16H16FNO3S. The average molecular weight is 321 g/mol. The van der Waals surface area contributed by atoms with Crippen molar-refractivity contribution in [2.75, 3.05) is 6.61 Å². The highest BCUT2D eigenvalue weighted by molar-refractivity contribution is 7.20. The molecule has 22 heavy (non-hydrogen) atoms. The number of rotatable bonds is 4. The van der Waals surface area contributed by atoms with Gasteiger partial charge in [-0.3, -0.25) is 4.79 Å². The molecule has 1 N–H and O–H groups in total. The zero-order chi connectivity index (χ0) is 15.5. The minimum absolute atomic E-state index is 0.207. The van der Waals surface area contributed by atoms with Crippen LogP contribution in [0.1, 0.15) is 35.4 Å². The molecule has 1 heterocycles. The molecule has 1 aromatic heterocycles. The summed E-state index contributed by atoms with van der Waals surface area (Å²) in [6, 6.07) is 6.14. The van der Waals surface area contributed by atoms with Crippen molar-refractivity contribution in [3.05, 3.63) is 35.0 Å². The second kappa shape index (κ2) is 6.44. The number of amides is 1. The Hall–Kier alpha value is -1.95. The number of hydrogen-bond acceptors (Lipinski definition) is 4. The van der Waals surface area contributed by atoms with E-state index in [9.17, 15) is 14.0 Å². The monoisotopic (exact) mass is 321 g/mol. The highest BCUT2D eigenvalue weighted by Gasteiger charge is 2.19. The van der Waals surface area contributed by atoms with Gasteiger partial charge in [0.15, 0.2) is 6.61 Å². The average Bonchev–Trinajstić information content (AvgIpc) is 3.13. The van der Waals surface area contributed by atoms with Gasteiger partial charge in [-0.1, -0.05) is 12.8 Å². The van der Waals surface area contributed by atoms with Crippen molar-refractivity contribution in [1.82, 2.24) is 5.32 Å². The molecule has 1 fully saturated rings. The van der Waals surface area contributed by atoms with Crippen molar-refractivity contribution in [1.29, 1.82) is 0 Å². The maximum atomic E-state index is 13.1. The van der Waals surface area contributed by atoms with Gasteiger partial charge in [0.2, 0.25) is 0 Å². The zero-order valence-corrected chi connectivity index (χ0v) is 12.7. The first-order chi connectivity index (χ1) is 10.6. The van der Waals surface area contributed by atoms with Crippen molar-refractivity contribution in [3.8, 4) is 0 Å². The van der Waals surface area contributed by atoms with Crippen LogP contribution in [0.25, 0.3) is 10.1 Å². The van der Waals surface area contributed by atoms with Crippen LogP contribution in [-0.2, 0) is 9.53 Å². The van der Waals surface area contributed by atoms with Gasteiger partial charge in [-0.25, -0.2) is 9.18 Å². The maximum Gasteiger partial charge on any atom is 0.348 e. The fourth-order valence-corrected chi connectivity index (χ4v) is 3.59. The van der Waals surface area contributed by atoms with E-state index in [1.807, 2.05) is 0 Å². The first-order valence-corrected chi connectivity index (χ1v) is 8.09. The summed E-state index contributed by atoms with van der Waals surface area (Å²) in [7, 11) is 0. The van der Waals surface area contributed by atoms with Crippen LogP contribution in [0, 0.1) is 5.82 Å². The molecule has 1 saturated carbocycles. The molecule has 0 spiro atoms. The molecule has 6 heteroatoms. The Morgan fingerprint density at radius 3 is 2.82 bits per heavy atom. The van der Waals surface area contributed by atoms with Crippen LogP contribution >= 0.6 is 11.3 Å². The van der Waals surface area contributed by atoms with Gasteiger partial charge in [0.25, 0.3) is 5.91 Å². The summed E-state index contributed by atoms with van der Waals surface area (Å²) >= 11 is 1.23. The molecule has 1 aliphatic rings. The molecule has 0 aliphatic heterocycles. The van der Waals surface area contributed by atoms with Gasteiger partial charge >= 0.3 is 5.97 Å². The summed E-state index contributed by atoms with van der Waals surface area (Å²) in [5, 5.41) is 3.52. The van der Waals surface area contributed by atoms with E-state index in [1.54, 1.807) is 12.1 Å². The molecule has 0 radical (unpaired) electrons. The molecule has 0 atom stereocenters. The molecule has 0 bridgehead atoms. The molecule has 0 unspecified atom stereocenters. The van der Waals surface area contributed by atoms with E-state index in [2.05, 4.69) is 5.32 Å². The molecule has 3 rings (SSSR count). The van der Waals surface area contributed by atoms with Crippen molar-refractivity contribution < 1.29 is 18.7 Å². The Morgan fingerprint density at radius 1 is 1.27 bits per heavy atom. The highest BCUT2D eigenvalue weighted by Crippen LogP contribution is 2.26. The molecule has 116 valence electrons. The Bertz CT molecular complexity index is 706. The van der Waals surface area contributed by atoms with Crippen molar-refractivity contribution in [3.63, 3.8) is 0 Å². The van der Waals surface area contributed by atoms with Crippen LogP contribution in [0.5, 0.6) is 0 Å². The van der Waals surface area contributed by atoms with Gasteiger partial charge in [-0.2, -0.15) is 0 Å². The first-order valence-electron chi connectivity index (χ1n) is 7.27. The van der Waals surface area contributed by atoms with E-state index in [4.69, 9.17) is 4.74 Å². The third-order valence-corrected chi connectivity index (χ3v) is 4.83. The van der Waals surface area contributed by atoms with E-state index in [1.165, 1.54) is 23.5 Å². The molecule has 1 aliphatic carbocycles. The molecule has 1 amide bonds. The number of thiophene rings is 1. The predicted octanol–water partition coefficient (Wildman–Crippen LogP) is 3.26. The van der Waals surface area contributed by atoms with Crippen LogP contribution in [0.3, 0.4) is 0 Å². The summed E-state index contributed by atoms with van der Waals surface area (Å²) in [5.74, 6) is -1.17. The summed E-state index contributed by atoms with van der Waals surface area (Å²) < 4.78 is 19.0. The van der Waals surface area contributed by atoms with Gasteiger partial charge in [0.05, 0.1) is 0 Å². The Balaban J connectivity index is 1.57. The normalized spacial score (nSPS) is 15.1. The Morgan fingerprint density at radius 2 is 2.05 bits per heavy atom. The first kappa shape index (κ1) is 15.0. The van der Waals surface area contributed by atoms with Crippen LogP contribution in [-0.4, -0.2) is 24.5 Å². The fourth-order valence-electron chi connectivity index (χ4n) is 2.66. The number of fused-ring (bicyclic) bond motifs is 1. The maximum absolute atomic E-state index is 13.1. The van der Waals surface area contributed by atoms with Crippen molar-refractivity contribution >= 4 is 33.3 Å². The van der Waals surface area contributed by atoms with E-state index >= 15 is 0 Å². The lowest BCUT2D eigenvalue weighted by Crippen LogP contribution is -2.35. The quantitative estimate of drug-likeness (QED) is 0.880. The lowest BCUT2D eigenvalue weighted by Gasteiger charge is -2.11. The molecule has 2 aromatic rings. The number of ether oxygens (including phenoxy) is 1. The summed E-state index contributed by atoms with van der Waals surface area (Å²) in [4.78, 5) is 24.0. The van der Waals surface area contributed by atoms with Crippen molar-refractivity contribution in [2.45, 2.75) is 31.7 Å². The van der Waals surface area contributed by atoms with Gasteiger partial charge in [0, 0.05) is 10.7 Å². The van der Waals surface area contributed by atoms with Crippen LogP contribution in [0.4, 0.5) is 4.39 Å². The highest BCUT2D eigenvalue weighted by atomic mass is 32.1. The molecule has 0 saturated heterocycles. The van der Waals surface area contributed by atoms with Gasteiger partial charge in [0.1, 0.15) is 10.7 Å². The number of carbonyl (C=O) groups excluding carboxylic acids is 2. The fraction of sp³-hybridized carbons (Fsp3) is 0.375. The second-order valence-electron chi connectivity index (χ2n) is 5.42. The minimum atomic E-state index is -0.553. The number of carbonyl (C=O) groups is 2. The molecular weight excluding hydrogens is 305 g/mol. The standard InChI is InChI=1S/C16H16FNO3S/c17-11-5-6-13-10(7-11)8-14(22-13)16(20)21-9-15(19)18-12-3-1-2-4-12/h5-8,12H,1-4,9H2,(H,18,19). The molecule has 4 nitrogen and oxygen atoms in total. The smallest absolute Gasteiger partial charge is 0.348 e. The Labute approximate surface area is 131 Å². The number of hydrogen-bond donors (Lipinski definition) is 1. The number of benzene rings is 1. The third-order valence-electron chi connectivity index (χ3n) is 3.73. The summed E-state index contributed by atoms with van der Waals surface area (Å²) in [6.45, 7) is -0.280. The largest absolute Gasteiger partial charge is 0.451 e. The predicted molar refractivity (Wildman–Crippen MR) is 82.5 cm³/mol. The number of esters is 1. The number of halogens is 1. The SMILES string of the molecule is O=C(COC(=O)c1cc2cc(F)ccc2s1)NC1CCCC1. The zero-order valence-electron chi connectivity index (χ0n) is 11.9. The van der Waals surface area contributed by atoms with E-state index < -0.39 is 5.97 Å². The Kier molecular flexibility index (Phi) is 4.38. The van der Waals surface area contributed by atoms with E-state index in [0.717, 1.165) is 30.4 Å². The van der Waals surface area contributed by atoms with Gasteiger partial charge in [-0.15, -0.1) is 11.3 Å². The van der Waals surface area contributed by atoms with Crippen LogP contribution in [0.15, 0.2) is 24.3 Å². The van der Waals surface area contributed by atoms with Crippen LogP contribution in [0.2, 0.25) is 0 Å². The lowest BCUT2D eigenvalue weighted by molar-refractivity contribution is -0.124. The third kappa shape index (κ3) is 3.44. The second-order valence-corrected chi connectivity index (χ2v) is 6.50. The van der Waals surface area contributed by atoms with E-state index in [-0.39, 0.29) is 24.4 Å². The summed E-state index contributed by atoms with van der Waals surface area (Å²) in [6.07, 6.45) is 4.23.